The van der Waals surface area contributed by atoms with Crippen molar-refractivity contribution in [3.8, 4) is 0 Å². The Bertz CT molecular complexity index is 882. The van der Waals surface area contributed by atoms with Crippen LogP contribution in [0.4, 0.5) is 11.4 Å². The van der Waals surface area contributed by atoms with Crippen LogP contribution in [-0.2, 0) is 14.3 Å². The Balaban J connectivity index is 1.60. The molecule has 0 bridgehead atoms. The minimum atomic E-state index is -0.993. The van der Waals surface area contributed by atoms with Crippen molar-refractivity contribution in [2.24, 2.45) is 0 Å². The molecule has 0 saturated carbocycles. The van der Waals surface area contributed by atoms with E-state index in [2.05, 4.69) is 5.32 Å². The summed E-state index contributed by atoms with van der Waals surface area (Å²) in [5, 5.41) is 3.03. The molecule has 0 aliphatic carbocycles. The molecule has 7 heteroatoms. The van der Waals surface area contributed by atoms with Crippen molar-refractivity contribution in [1.29, 1.82) is 0 Å². The summed E-state index contributed by atoms with van der Waals surface area (Å²) in [4.78, 5) is 38.3. The van der Waals surface area contributed by atoms with E-state index in [1.165, 1.54) is 6.92 Å². The highest BCUT2D eigenvalue weighted by Crippen LogP contribution is 2.22. The number of anilines is 2. The van der Waals surface area contributed by atoms with Gasteiger partial charge in [-0.3, -0.25) is 9.59 Å². The van der Waals surface area contributed by atoms with Gasteiger partial charge in [0.25, 0.3) is 5.91 Å². The highest BCUT2D eigenvalue weighted by Gasteiger charge is 2.22. The molecule has 28 heavy (non-hydrogen) atoms. The van der Waals surface area contributed by atoms with E-state index < -0.39 is 18.0 Å². The van der Waals surface area contributed by atoms with Crippen molar-refractivity contribution < 1.29 is 19.1 Å². The van der Waals surface area contributed by atoms with Crippen LogP contribution in [0, 0.1) is 0 Å². The van der Waals surface area contributed by atoms with Gasteiger partial charge >= 0.3 is 5.97 Å². The second kappa shape index (κ2) is 8.89. The largest absolute Gasteiger partial charge is 0.449 e. The summed E-state index contributed by atoms with van der Waals surface area (Å²) in [5.41, 5.74) is 1.52. The number of halogens is 1. The Hall–Kier alpha value is -2.86. The molecule has 6 nitrogen and oxygen atoms in total. The zero-order chi connectivity index (χ0) is 20.1. The molecule has 146 valence electrons. The molecular formula is C21H21ClN2O4. The van der Waals surface area contributed by atoms with E-state index in [1.807, 2.05) is 0 Å². The van der Waals surface area contributed by atoms with Gasteiger partial charge in [-0.25, -0.2) is 4.79 Å². The number of carbonyl (C=O) groups is 3. The van der Waals surface area contributed by atoms with Crippen LogP contribution in [0.15, 0.2) is 48.5 Å². The van der Waals surface area contributed by atoms with Gasteiger partial charge < -0.3 is 15.0 Å². The van der Waals surface area contributed by atoms with Gasteiger partial charge in [0.05, 0.1) is 16.3 Å². The molecule has 2 aromatic rings. The zero-order valence-electron chi connectivity index (χ0n) is 15.5. The maximum Gasteiger partial charge on any atom is 0.338 e. The fourth-order valence-corrected chi connectivity index (χ4v) is 3.12. The smallest absolute Gasteiger partial charge is 0.338 e. The first-order chi connectivity index (χ1) is 13.5. The molecule has 0 radical (unpaired) electrons. The van der Waals surface area contributed by atoms with Crippen molar-refractivity contribution in [3.05, 3.63) is 59.1 Å². The highest BCUT2D eigenvalue weighted by atomic mass is 35.5. The second-order valence-electron chi connectivity index (χ2n) is 6.57. The normalized spacial score (nSPS) is 15.1. The van der Waals surface area contributed by atoms with Crippen molar-refractivity contribution in [1.82, 2.24) is 0 Å². The van der Waals surface area contributed by atoms with Crippen LogP contribution in [-0.4, -0.2) is 30.4 Å². The summed E-state index contributed by atoms with van der Waals surface area (Å²) in [6, 6.07) is 13.4. The average Bonchev–Trinajstić information content (AvgIpc) is 2.70. The van der Waals surface area contributed by atoms with Gasteiger partial charge in [-0.15, -0.1) is 0 Å². The lowest BCUT2D eigenvalue weighted by Gasteiger charge is -2.26. The second-order valence-corrected chi connectivity index (χ2v) is 6.97. The molecule has 1 aliphatic heterocycles. The lowest BCUT2D eigenvalue weighted by molar-refractivity contribution is -0.123. The molecule has 0 aromatic heterocycles. The van der Waals surface area contributed by atoms with Crippen LogP contribution in [0.3, 0.4) is 0 Å². The third-order valence-corrected chi connectivity index (χ3v) is 4.85. The van der Waals surface area contributed by atoms with E-state index in [4.69, 9.17) is 16.3 Å². The fraction of sp³-hybridized carbons (Fsp3) is 0.286. The lowest BCUT2D eigenvalue weighted by atomic mass is 10.1. The van der Waals surface area contributed by atoms with E-state index in [-0.39, 0.29) is 5.91 Å². The molecule has 1 saturated heterocycles. The molecule has 0 spiro atoms. The van der Waals surface area contributed by atoms with E-state index >= 15 is 0 Å². The zero-order valence-corrected chi connectivity index (χ0v) is 16.2. The predicted molar refractivity (Wildman–Crippen MR) is 108 cm³/mol. The molecule has 1 N–H and O–H groups in total. The van der Waals surface area contributed by atoms with E-state index in [0.717, 1.165) is 18.5 Å². The number of piperidine rings is 1. The van der Waals surface area contributed by atoms with Crippen molar-refractivity contribution in [2.75, 3.05) is 16.8 Å². The van der Waals surface area contributed by atoms with Crippen molar-refractivity contribution in [2.45, 2.75) is 32.3 Å². The molecular weight excluding hydrogens is 380 g/mol. The quantitative estimate of drug-likeness (QED) is 0.768. The van der Waals surface area contributed by atoms with Gasteiger partial charge in [-0.1, -0.05) is 23.7 Å². The van der Waals surface area contributed by atoms with Crippen LogP contribution >= 0.6 is 11.6 Å². The van der Waals surface area contributed by atoms with Crippen LogP contribution < -0.4 is 10.2 Å². The SMILES string of the molecule is CC(OC(=O)c1ccc(N2CCCCC2=O)cc1)C(=O)Nc1ccccc1Cl. The Morgan fingerprint density at radius 1 is 1.11 bits per heavy atom. The number of nitrogens with one attached hydrogen (secondary N) is 1. The lowest BCUT2D eigenvalue weighted by Crippen LogP contribution is -2.35. The van der Waals surface area contributed by atoms with Crippen molar-refractivity contribution >= 4 is 40.8 Å². The number of hydrogen-bond donors (Lipinski definition) is 1. The summed E-state index contributed by atoms with van der Waals surface area (Å²) in [7, 11) is 0. The van der Waals surface area contributed by atoms with Gasteiger partial charge in [0.15, 0.2) is 6.10 Å². The first-order valence-corrected chi connectivity index (χ1v) is 9.50. The van der Waals surface area contributed by atoms with E-state index in [9.17, 15) is 14.4 Å². The number of carbonyl (C=O) groups excluding carboxylic acids is 3. The molecule has 2 aromatic carbocycles. The van der Waals surface area contributed by atoms with Gasteiger partial charge in [0.1, 0.15) is 0 Å². The topological polar surface area (TPSA) is 75.7 Å². The summed E-state index contributed by atoms with van der Waals surface area (Å²) in [6.07, 6.45) is 1.43. The number of nitrogens with zero attached hydrogens (tertiary/aromatic N) is 1. The Labute approximate surface area is 168 Å². The van der Waals surface area contributed by atoms with Gasteiger partial charge in [-0.2, -0.15) is 0 Å². The Morgan fingerprint density at radius 2 is 1.82 bits per heavy atom. The van der Waals surface area contributed by atoms with Gasteiger partial charge in [0, 0.05) is 18.7 Å². The average molecular weight is 401 g/mol. The predicted octanol–water partition coefficient (Wildman–Crippen LogP) is 4.04. The summed E-state index contributed by atoms with van der Waals surface area (Å²) < 4.78 is 5.24. The number of hydrogen-bond acceptors (Lipinski definition) is 4. The number of benzene rings is 2. The first kappa shape index (κ1) is 19.9. The minimum Gasteiger partial charge on any atom is -0.449 e. The van der Waals surface area contributed by atoms with E-state index in [0.29, 0.717) is 29.2 Å². The third-order valence-electron chi connectivity index (χ3n) is 4.52. The molecule has 1 unspecified atom stereocenters. The number of para-hydroxylation sites is 1. The molecule has 1 heterocycles. The third kappa shape index (κ3) is 4.70. The molecule has 1 atom stereocenters. The fourth-order valence-electron chi connectivity index (χ4n) is 2.94. The Morgan fingerprint density at radius 3 is 2.50 bits per heavy atom. The molecule has 1 fully saturated rings. The number of ether oxygens (including phenoxy) is 1. The van der Waals surface area contributed by atoms with Crippen LogP contribution in [0.25, 0.3) is 0 Å². The number of esters is 1. The van der Waals surface area contributed by atoms with Crippen LogP contribution in [0.5, 0.6) is 0 Å². The van der Waals surface area contributed by atoms with Crippen LogP contribution in [0.1, 0.15) is 36.5 Å². The molecule has 1 aliphatic rings. The number of amides is 2. The monoisotopic (exact) mass is 400 g/mol. The van der Waals surface area contributed by atoms with E-state index in [1.54, 1.807) is 53.4 Å². The van der Waals surface area contributed by atoms with Crippen LogP contribution in [0.2, 0.25) is 5.02 Å². The highest BCUT2D eigenvalue weighted by molar-refractivity contribution is 6.33. The first-order valence-electron chi connectivity index (χ1n) is 9.12. The maximum absolute atomic E-state index is 12.3. The minimum absolute atomic E-state index is 0.0893. The van der Waals surface area contributed by atoms with Gasteiger partial charge in [0.2, 0.25) is 5.91 Å². The summed E-state index contributed by atoms with van der Waals surface area (Å²) in [6.45, 7) is 2.17. The maximum atomic E-state index is 12.3. The number of rotatable bonds is 5. The Kier molecular flexibility index (Phi) is 6.31. The summed E-state index contributed by atoms with van der Waals surface area (Å²) >= 11 is 6.01. The molecule has 3 rings (SSSR count). The standard InChI is InChI=1S/C21H21ClN2O4/c1-14(20(26)23-18-7-3-2-6-17(18)22)28-21(27)15-9-11-16(12-10-15)24-13-5-4-8-19(24)25/h2-3,6-7,9-12,14H,4-5,8,13H2,1H3,(H,23,26). The van der Waals surface area contributed by atoms with Gasteiger partial charge in [-0.05, 0) is 56.2 Å². The molecule has 2 amide bonds. The summed E-state index contributed by atoms with van der Waals surface area (Å²) in [5.74, 6) is -0.998. The van der Waals surface area contributed by atoms with Crippen molar-refractivity contribution in [3.63, 3.8) is 0 Å².